The number of fused-ring (bicyclic) bond motifs is 6. The minimum absolute atomic E-state index is 0.0275. The molecule has 750 valence electrons. The molecule has 143 heavy (non-hydrogen) atoms. The van der Waals surface area contributed by atoms with Gasteiger partial charge in [0.25, 0.3) is 11.8 Å². The second-order valence-electron chi connectivity index (χ2n) is 36.4. The van der Waals surface area contributed by atoms with E-state index >= 15 is 0 Å². The van der Waals surface area contributed by atoms with Crippen molar-refractivity contribution in [2.75, 3.05) is 113 Å². The van der Waals surface area contributed by atoms with Crippen LogP contribution >= 0.6 is 68.0 Å². The first-order valence-corrected chi connectivity index (χ1v) is 51.6. The monoisotopic (exact) mass is 2070 g/mol. The summed E-state index contributed by atoms with van der Waals surface area (Å²) < 4.78 is 144. The number of alkyl halides is 8. The van der Waals surface area contributed by atoms with Gasteiger partial charge < -0.3 is 71.0 Å². The molecule has 45 heteroatoms. The molecule has 0 amide bonds. The summed E-state index contributed by atoms with van der Waals surface area (Å²) in [5.74, 6) is 7.56. The summed E-state index contributed by atoms with van der Waals surface area (Å²) in [6, 6.07) is 34.8. The van der Waals surface area contributed by atoms with Crippen LogP contribution < -0.4 is 39.7 Å². The van der Waals surface area contributed by atoms with E-state index in [1.165, 1.54) is 56.6 Å². The Hall–Kier alpha value is -12.1. The standard InChI is InChI=1S/C18H19F3N4OS.C17H18F2N4OS.C16H16F2N4OS.C16H17FN4OS.C16H18N4O2S.C15H16N4OS/c1-10-2-3-14(26-10)16-23-15(22)13-8-12(27-17(13)24-16)9-25-6-4-11(5-7-25)18(19,20)21;1-10-3-4-13(24-10)15-21-14(20)12-7-11(25-16(12)22-15)8-23-6-2-5-17(18,19)9-23;1-9-2-3-12(23-9)14-20-13(19)11-6-10(24-15(11)21-14)7-22-5-4-16(17,18)8-22;1-9-2-3-13(22-9)15-19-14(18)12-6-11(23-16(12)20-15)8-21-5-4-10(17)7-21;1-10-2-3-13(22-10)15-18-14(17)12-8-11(23-16(12)19-15)9-20-4-6-21-7-5-20;1-8-2-5-12(20-8)14-18-13(16)11-6-10(21-15(11)19-14)7-17-9-3-4-9/h2-3,8,11H,4-7,9H2,1H3,(H2,22,23,24);3-4,7H,2,5-6,8-9H2,1H3,(H2,20,21,22);2-3,6H,4-5,7-8H2,1H3,(H2,19,20,21);2-3,6,10H,4-5,7-8H2,1H3,(H2,18,19,20);2-3,8H,4-7,9H2,1H3,(H2,17,18,19);2,5-6,9,17H,3-4,7H2,1H3,(H2,16,18,19)/t;;;10-;;/m...0../s1. The average Bonchev–Trinajstić information content (AvgIpc) is 1.79. The van der Waals surface area contributed by atoms with Crippen LogP contribution in [-0.4, -0.2) is 193 Å². The van der Waals surface area contributed by atoms with Crippen LogP contribution in [0.15, 0.2) is 136 Å². The van der Waals surface area contributed by atoms with Crippen molar-refractivity contribution < 1.29 is 66.4 Å². The van der Waals surface area contributed by atoms with Gasteiger partial charge in [0.2, 0.25) is 0 Å². The van der Waals surface area contributed by atoms with Crippen molar-refractivity contribution in [1.82, 2.24) is 89.6 Å². The number of ether oxygens (including phenoxy) is 1. The molecule has 6 fully saturated rings. The minimum Gasteiger partial charge on any atom is -0.458 e. The van der Waals surface area contributed by atoms with Crippen LogP contribution in [0.4, 0.5) is 70.0 Å². The van der Waals surface area contributed by atoms with Crippen molar-refractivity contribution in [3.63, 3.8) is 0 Å². The first-order chi connectivity index (χ1) is 68.5. The Kier molecular flexibility index (Phi) is 29.5. The van der Waals surface area contributed by atoms with Crippen LogP contribution in [0.1, 0.15) is 115 Å². The summed E-state index contributed by atoms with van der Waals surface area (Å²) in [6.45, 7) is 21.7. The fourth-order valence-electron chi connectivity index (χ4n) is 17.3. The Labute approximate surface area is 838 Å². The third-order valence-corrected chi connectivity index (χ3v) is 30.8. The number of rotatable bonds is 19. The molecule has 13 N–H and O–H groups in total. The van der Waals surface area contributed by atoms with Crippen molar-refractivity contribution >= 4 is 164 Å². The molecule has 24 rings (SSSR count). The van der Waals surface area contributed by atoms with Crippen molar-refractivity contribution in [3.8, 4) is 69.5 Å². The van der Waals surface area contributed by atoms with Crippen LogP contribution in [0.25, 0.3) is 131 Å². The predicted molar refractivity (Wildman–Crippen MR) is 545 cm³/mol. The van der Waals surface area contributed by atoms with E-state index in [-0.39, 0.29) is 38.8 Å². The molecular weight excluding hydrogens is 1970 g/mol. The first kappa shape index (κ1) is 99.6. The Morgan fingerprint density at radius 2 is 0.622 bits per heavy atom. The normalized spacial score (nSPS) is 17.2. The number of morpholine rings is 1. The predicted octanol–water partition coefficient (Wildman–Crippen LogP) is 21.5. The Balaban J connectivity index is 0.000000109. The van der Waals surface area contributed by atoms with E-state index in [0.29, 0.717) is 176 Å². The summed E-state index contributed by atoms with van der Waals surface area (Å²) >= 11 is 9.31. The number of hydrogen-bond acceptors (Lipinski definition) is 37. The molecule has 1 atom stereocenters. The molecule has 0 spiro atoms. The number of nitrogens with two attached hydrogens (primary N) is 6. The number of aryl methyl sites for hydroxylation is 6. The number of nitrogens with one attached hydrogen (secondary N) is 1. The van der Waals surface area contributed by atoms with Crippen LogP contribution in [0.5, 0.6) is 0 Å². The molecule has 0 radical (unpaired) electrons. The summed E-state index contributed by atoms with van der Waals surface area (Å²) in [7, 11) is 0. The van der Waals surface area contributed by atoms with E-state index < -0.39 is 30.1 Å². The number of thiophene rings is 6. The van der Waals surface area contributed by atoms with Gasteiger partial charge in [-0.05, 0) is 209 Å². The highest BCUT2D eigenvalue weighted by Gasteiger charge is 2.42. The second kappa shape index (κ2) is 42.3. The van der Waals surface area contributed by atoms with Gasteiger partial charge in [0, 0.05) is 120 Å². The van der Waals surface area contributed by atoms with Gasteiger partial charge in [-0.2, -0.15) is 13.2 Å². The van der Waals surface area contributed by atoms with E-state index in [2.05, 4.69) is 87.1 Å². The molecule has 18 aromatic heterocycles. The van der Waals surface area contributed by atoms with Gasteiger partial charge in [-0.25, -0.2) is 81.8 Å². The lowest BCUT2D eigenvalue weighted by molar-refractivity contribution is -0.185. The Morgan fingerprint density at radius 1 is 0.343 bits per heavy atom. The Morgan fingerprint density at radius 3 is 0.895 bits per heavy atom. The van der Waals surface area contributed by atoms with Crippen LogP contribution in [-0.2, 0) is 44.0 Å². The zero-order valence-electron chi connectivity index (χ0n) is 78.9. The lowest BCUT2D eigenvalue weighted by atomic mass is 9.96. The smallest absolute Gasteiger partial charge is 0.391 e. The second-order valence-corrected chi connectivity index (χ2v) is 43.1. The molecule has 1 saturated carbocycles. The van der Waals surface area contributed by atoms with Crippen molar-refractivity contribution in [3.05, 3.63) is 173 Å². The first-order valence-electron chi connectivity index (χ1n) is 46.7. The van der Waals surface area contributed by atoms with E-state index in [0.717, 1.165) is 168 Å². The number of furan rings is 6. The summed E-state index contributed by atoms with van der Waals surface area (Å²) in [4.78, 5) is 75.0. The third-order valence-electron chi connectivity index (χ3n) is 24.7. The highest BCUT2D eigenvalue weighted by molar-refractivity contribution is 7.20. The fraction of sp³-hybridized carbons (Fsp3) is 0.388. The molecule has 18 aromatic rings. The number of halogens is 8. The maximum absolute atomic E-state index is 13.6. The van der Waals surface area contributed by atoms with E-state index in [1.54, 1.807) is 62.0 Å². The van der Waals surface area contributed by atoms with Gasteiger partial charge >= 0.3 is 6.18 Å². The molecule has 23 heterocycles. The molecule has 5 aliphatic heterocycles. The highest BCUT2D eigenvalue weighted by Crippen LogP contribution is 2.43. The molecular formula is C98H104F8N24O7S6. The molecule has 6 aliphatic rings. The van der Waals surface area contributed by atoms with E-state index in [4.69, 9.17) is 65.6 Å². The molecule has 1 aliphatic carbocycles. The average molecular weight is 2070 g/mol. The van der Waals surface area contributed by atoms with Gasteiger partial charge in [-0.15, -0.1) is 68.0 Å². The molecule has 5 saturated heterocycles. The van der Waals surface area contributed by atoms with Gasteiger partial charge in [0.05, 0.1) is 64.5 Å². The molecule has 0 aromatic carbocycles. The molecule has 31 nitrogen and oxygen atoms in total. The lowest BCUT2D eigenvalue weighted by Gasteiger charge is -2.32. The zero-order valence-corrected chi connectivity index (χ0v) is 83.8. The van der Waals surface area contributed by atoms with Crippen molar-refractivity contribution in [1.29, 1.82) is 0 Å². The Bertz CT molecular complexity index is 7420. The number of anilines is 6. The summed E-state index contributed by atoms with van der Waals surface area (Å²) in [5, 5.41) is 8.50. The lowest BCUT2D eigenvalue weighted by Crippen LogP contribution is -2.41. The molecule has 0 unspecified atom stereocenters. The van der Waals surface area contributed by atoms with E-state index in [1.807, 2.05) is 125 Å². The topological polar surface area (TPSA) is 427 Å². The third kappa shape index (κ3) is 24.6. The number of hydrogen-bond donors (Lipinski definition) is 7. The SMILES string of the molecule is Cc1ccc(-c2nc(N)c3cc(CN4CCC(C(F)(F)F)CC4)sc3n2)o1.Cc1ccc(-c2nc(N)c3cc(CN4CCC(F)(F)C4)sc3n2)o1.Cc1ccc(-c2nc(N)c3cc(CN4CCCC(F)(F)C4)sc3n2)o1.Cc1ccc(-c2nc(N)c3cc(CN4CCOCC4)sc3n2)o1.Cc1ccc(-c2nc(N)c3cc(CN4CC[C@H](F)C4)sc3n2)o1.Cc1ccc(-c2nc(N)c3cc(CNC4CC4)sc3n2)o1. The largest absolute Gasteiger partial charge is 0.458 e. The van der Waals surface area contributed by atoms with E-state index in [9.17, 15) is 35.1 Å². The summed E-state index contributed by atoms with van der Waals surface area (Å²) in [6.07, 6.45) is -0.893. The maximum Gasteiger partial charge on any atom is 0.391 e. The molecule has 0 bridgehead atoms. The fourth-order valence-corrected chi connectivity index (χ4v) is 23.7. The number of nitrogens with zero attached hydrogens (tertiary/aromatic N) is 17. The van der Waals surface area contributed by atoms with Crippen molar-refractivity contribution in [2.45, 2.75) is 162 Å². The van der Waals surface area contributed by atoms with Crippen molar-refractivity contribution in [2.24, 2.45) is 5.92 Å². The van der Waals surface area contributed by atoms with Gasteiger partial charge in [-0.3, -0.25) is 24.5 Å². The van der Waals surface area contributed by atoms with Crippen LogP contribution in [0, 0.1) is 47.5 Å². The van der Waals surface area contributed by atoms with Crippen LogP contribution in [0.2, 0.25) is 0 Å². The zero-order chi connectivity index (χ0) is 99.9. The van der Waals surface area contributed by atoms with Gasteiger partial charge in [0.1, 0.15) is 105 Å². The quantitative estimate of drug-likeness (QED) is 0.0370. The number of piperidine rings is 2. The highest BCUT2D eigenvalue weighted by atomic mass is 32.1. The summed E-state index contributed by atoms with van der Waals surface area (Å²) in [5.41, 5.74) is 36.5. The number of nitrogen functional groups attached to an aromatic ring is 6. The number of likely N-dealkylation sites (tertiary alicyclic amines) is 4. The van der Waals surface area contributed by atoms with Crippen LogP contribution in [0.3, 0.4) is 0 Å². The number of aromatic nitrogens is 12. The van der Waals surface area contributed by atoms with Gasteiger partial charge in [0.15, 0.2) is 69.5 Å². The van der Waals surface area contributed by atoms with Gasteiger partial charge in [-0.1, -0.05) is 0 Å². The minimum atomic E-state index is -4.09. The maximum atomic E-state index is 13.6.